The molecule has 7 nitrogen and oxygen atoms in total. The fourth-order valence-electron chi connectivity index (χ4n) is 2.17. The molecule has 2 aromatic carbocycles. The molecular weight excluding hydrogens is 356 g/mol. The highest BCUT2D eigenvalue weighted by Crippen LogP contribution is 2.12. The van der Waals surface area contributed by atoms with E-state index in [9.17, 15) is 18.3 Å². The number of sulfonamides is 1. The number of benzene rings is 2. The van der Waals surface area contributed by atoms with Gasteiger partial charge in [-0.05, 0) is 55.9 Å². The lowest BCUT2D eigenvalue weighted by Crippen LogP contribution is -2.35. The van der Waals surface area contributed by atoms with Gasteiger partial charge in [-0.2, -0.15) is 0 Å². The lowest BCUT2D eigenvalue weighted by molar-refractivity contribution is 0.0843. The number of hydrogen-bond donors (Lipinski definition) is 3. The van der Waals surface area contributed by atoms with E-state index in [1.54, 1.807) is 6.07 Å². The van der Waals surface area contributed by atoms with Gasteiger partial charge in [0.25, 0.3) is 5.91 Å². The van der Waals surface area contributed by atoms with Crippen LogP contribution in [0.15, 0.2) is 53.4 Å². The van der Waals surface area contributed by atoms with E-state index in [0.717, 1.165) is 5.56 Å². The second-order valence-corrected chi connectivity index (χ2v) is 7.61. The lowest BCUT2D eigenvalue weighted by atomic mass is 10.2. The van der Waals surface area contributed by atoms with Gasteiger partial charge in [0.15, 0.2) is 0 Å². The summed E-state index contributed by atoms with van der Waals surface area (Å²) in [6, 6.07) is 13.0. The van der Waals surface area contributed by atoms with Crippen LogP contribution >= 0.6 is 0 Å². The first-order chi connectivity index (χ1) is 12.3. The number of aryl methyl sites for hydroxylation is 1. The maximum Gasteiger partial charge on any atom is 0.251 e. The molecule has 0 aliphatic heterocycles. The molecule has 0 fully saturated rings. The minimum absolute atomic E-state index is 0.0151. The highest BCUT2D eigenvalue weighted by molar-refractivity contribution is 7.89. The van der Waals surface area contributed by atoms with Crippen molar-refractivity contribution < 1.29 is 23.1 Å². The molecule has 140 valence electrons. The quantitative estimate of drug-likeness (QED) is 0.637. The molecule has 0 bridgehead atoms. The fourth-order valence-corrected chi connectivity index (χ4v) is 2.90. The van der Waals surface area contributed by atoms with Crippen molar-refractivity contribution in [2.24, 2.45) is 0 Å². The number of ether oxygens (including phenoxy) is 1. The van der Waals surface area contributed by atoms with Crippen molar-refractivity contribution in [2.75, 3.05) is 20.2 Å². The van der Waals surface area contributed by atoms with Crippen LogP contribution in [0.1, 0.15) is 15.9 Å². The smallest absolute Gasteiger partial charge is 0.251 e. The van der Waals surface area contributed by atoms with E-state index in [2.05, 4.69) is 10.0 Å². The number of carbonyl (C=O) groups excluding carboxylic acids is 1. The molecule has 0 saturated carbocycles. The minimum Gasteiger partial charge on any atom is -0.491 e. The van der Waals surface area contributed by atoms with Crippen LogP contribution in [0.25, 0.3) is 0 Å². The zero-order chi connectivity index (χ0) is 19.2. The van der Waals surface area contributed by atoms with Crippen LogP contribution in [0.3, 0.4) is 0 Å². The third-order valence-electron chi connectivity index (χ3n) is 3.63. The average Bonchev–Trinajstić information content (AvgIpc) is 2.64. The highest BCUT2D eigenvalue weighted by Gasteiger charge is 2.13. The van der Waals surface area contributed by atoms with Crippen LogP contribution in [0, 0.1) is 6.92 Å². The van der Waals surface area contributed by atoms with Crippen molar-refractivity contribution in [3.05, 3.63) is 59.7 Å². The van der Waals surface area contributed by atoms with Crippen molar-refractivity contribution in [1.29, 1.82) is 0 Å². The Morgan fingerprint density at radius 2 is 1.88 bits per heavy atom. The third-order valence-corrected chi connectivity index (χ3v) is 5.06. The molecule has 0 aromatic heterocycles. The van der Waals surface area contributed by atoms with E-state index in [-0.39, 0.29) is 18.0 Å². The summed E-state index contributed by atoms with van der Waals surface area (Å²) in [4.78, 5) is 12.1. The zero-order valence-electron chi connectivity index (χ0n) is 14.6. The largest absolute Gasteiger partial charge is 0.491 e. The molecule has 3 N–H and O–H groups in total. The molecule has 2 aromatic rings. The molecule has 0 saturated heterocycles. The van der Waals surface area contributed by atoms with E-state index >= 15 is 0 Å². The first-order valence-electron chi connectivity index (χ1n) is 8.01. The summed E-state index contributed by atoms with van der Waals surface area (Å²) < 4.78 is 31.0. The minimum atomic E-state index is -3.54. The maximum absolute atomic E-state index is 12.1. The standard InChI is InChI=1S/C18H22N2O5S/c1-13-4-3-5-16(10-13)25-12-15(21)11-20-18(22)14-6-8-17(9-7-14)26(23,24)19-2/h3-10,15,19,21H,11-12H2,1-2H3,(H,20,22). The van der Waals surface area contributed by atoms with Crippen LogP contribution in [0.5, 0.6) is 5.75 Å². The third kappa shape index (κ3) is 5.55. The Bertz CT molecular complexity index is 850. The molecule has 0 aliphatic rings. The van der Waals surface area contributed by atoms with E-state index < -0.39 is 22.0 Å². The second kappa shape index (κ2) is 8.79. The van der Waals surface area contributed by atoms with E-state index in [0.29, 0.717) is 11.3 Å². The number of rotatable bonds is 8. The Kier molecular flexibility index (Phi) is 6.73. The first-order valence-corrected chi connectivity index (χ1v) is 9.49. The number of nitrogens with one attached hydrogen (secondary N) is 2. The van der Waals surface area contributed by atoms with Crippen LogP contribution in [0.4, 0.5) is 0 Å². The van der Waals surface area contributed by atoms with Gasteiger partial charge >= 0.3 is 0 Å². The van der Waals surface area contributed by atoms with Crippen molar-refractivity contribution >= 4 is 15.9 Å². The number of aliphatic hydroxyl groups excluding tert-OH is 1. The number of amides is 1. The van der Waals surface area contributed by atoms with Gasteiger partial charge in [0.1, 0.15) is 18.5 Å². The molecule has 0 radical (unpaired) electrons. The molecule has 1 amide bonds. The molecule has 1 atom stereocenters. The van der Waals surface area contributed by atoms with E-state index in [1.807, 2.05) is 25.1 Å². The van der Waals surface area contributed by atoms with Gasteiger partial charge in [0, 0.05) is 12.1 Å². The van der Waals surface area contributed by atoms with Gasteiger partial charge in [-0.15, -0.1) is 0 Å². The van der Waals surface area contributed by atoms with Gasteiger partial charge in [-0.1, -0.05) is 12.1 Å². The Labute approximate surface area is 153 Å². The maximum atomic E-state index is 12.1. The molecule has 0 spiro atoms. The van der Waals surface area contributed by atoms with Gasteiger partial charge in [-0.25, -0.2) is 13.1 Å². The molecule has 1 unspecified atom stereocenters. The number of hydrogen-bond acceptors (Lipinski definition) is 5. The topological polar surface area (TPSA) is 105 Å². The molecule has 26 heavy (non-hydrogen) atoms. The van der Waals surface area contributed by atoms with Gasteiger partial charge in [-0.3, -0.25) is 4.79 Å². The van der Waals surface area contributed by atoms with Gasteiger partial charge in [0.05, 0.1) is 4.90 Å². The van der Waals surface area contributed by atoms with Gasteiger partial charge < -0.3 is 15.2 Å². The summed E-state index contributed by atoms with van der Waals surface area (Å²) in [5, 5.41) is 12.5. The van der Waals surface area contributed by atoms with Crippen LogP contribution in [-0.2, 0) is 10.0 Å². The zero-order valence-corrected chi connectivity index (χ0v) is 15.4. The number of carbonyl (C=O) groups is 1. The fraction of sp³-hybridized carbons (Fsp3) is 0.278. The van der Waals surface area contributed by atoms with Crippen molar-refractivity contribution in [3.8, 4) is 5.75 Å². The SMILES string of the molecule is CNS(=O)(=O)c1ccc(C(=O)NCC(O)COc2cccc(C)c2)cc1. The summed E-state index contributed by atoms with van der Waals surface area (Å²) in [5.74, 6) is 0.240. The highest BCUT2D eigenvalue weighted by atomic mass is 32.2. The lowest BCUT2D eigenvalue weighted by Gasteiger charge is -2.14. The monoisotopic (exact) mass is 378 g/mol. The van der Waals surface area contributed by atoms with E-state index in [1.165, 1.54) is 31.3 Å². The summed E-state index contributed by atoms with van der Waals surface area (Å²) in [6.07, 6.45) is -0.872. The molecular formula is C18H22N2O5S. The Morgan fingerprint density at radius 3 is 2.50 bits per heavy atom. The van der Waals surface area contributed by atoms with E-state index in [4.69, 9.17) is 4.74 Å². The predicted molar refractivity (Wildman–Crippen MR) is 97.7 cm³/mol. The molecule has 0 heterocycles. The van der Waals surface area contributed by atoms with Crippen molar-refractivity contribution in [3.63, 3.8) is 0 Å². The summed E-state index contributed by atoms with van der Waals surface area (Å²) in [7, 11) is -2.23. The van der Waals surface area contributed by atoms with Crippen LogP contribution < -0.4 is 14.8 Å². The first kappa shape index (κ1) is 19.9. The number of aliphatic hydroxyl groups is 1. The van der Waals surface area contributed by atoms with Crippen LogP contribution in [-0.4, -0.2) is 45.7 Å². The second-order valence-electron chi connectivity index (χ2n) is 5.72. The normalized spacial score (nSPS) is 12.4. The Hall–Kier alpha value is -2.42. The van der Waals surface area contributed by atoms with Crippen molar-refractivity contribution in [1.82, 2.24) is 10.0 Å². The van der Waals surface area contributed by atoms with Gasteiger partial charge in [0.2, 0.25) is 10.0 Å². The summed E-state index contributed by atoms with van der Waals surface area (Å²) >= 11 is 0. The molecule has 0 aliphatic carbocycles. The van der Waals surface area contributed by atoms with Crippen molar-refractivity contribution in [2.45, 2.75) is 17.9 Å². The summed E-state index contributed by atoms with van der Waals surface area (Å²) in [5.41, 5.74) is 1.35. The van der Waals surface area contributed by atoms with Crippen LogP contribution in [0.2, 0.25) is 0 Å². The average molecular weight is 378 g/mol. The molecule has 8 heteroatoms. The Balaban J connectivity index is 1.84. The Morgan fingerprint density at radius 1 is 1.19 bits per heavy atom. The summed E-state index contributed by atoms with van der Waals surface area (Å²) in [6.45, 7) is 2.00. The molecule has 2 rings (SSSR count). The predicted octanol–water partition coefficient (Wildman–Crippen LogP) is 1.07.